The summed E-state index contributed by atoms with van der Waals surface area (Å²) < 4.78 is 14.1. The van der Waals surface area contributed by atoms with Crippen LogP contribution in [0.5, 0.6) is 0 Å². The van der Waals surface area contributed by atoms with Gasteiger partial charge in [0, 0.05) is 16.6 Å². The average molecular weight is 274 g/mol. The Balaban J connectivity index is 2.59. The number of rotatable bonds is 1. The van der Waals surface area contributed by atoms with Gasteiger partial charge in [-0.1, -0.05) is 15.9 Å². The highest BCUT2D eigenvalue weighted by atomic mass is 79.9. The lowest BCUT2D eigenvalue weighted by Crippen LogP contribution is -2.35. The third-order valence-electron chi connectivity index (χ3n) is 2.51. The molecule has 2 N–H and O–H groups in total. The maximum atomic E-state index is 13.4. The van der Waals surface area contributed by atoms with Crippen molar-refractivity contribution in [3.8, 4) is 0 Å². The lowest BCUT2D eigenvalue weighted by Gasteiger charge is -2.25. The third-order valence-corrected chi connectivity index (χ3v) is 3.20. The predicted octanol–water partition coefficient (Wildman–Crippen LogP) is 1.86. The zero-order valence-electron chi connectivity index (χ0n) is 7.76. The van der Waals surface area contributed by atoms with E-state index in [0.29, 0.717) is 28.6 Å². The number of halogens is 2. The SMILES string of the molecule is O=C(O)C1NCCc2c(F)ccc(Br)c21. The van der Waals surface area contributed by atoms with Gasteiger partial charge in [0.1, 0.15) is 11.9 Å². The zero-order chi connectivity index (χ0) is 11.0. The van der Waals surface area contributed by atoms with E-state index in [1.807, 2.05) is 0 Å². The van der Waals surface area contributed by atoms with Crippen molar-refractivity contribution in [2.75, 3.05) is 6.54 Å². The van der Waals surface area contributed by atoms with Crippen molar-refractivity contribution in [1.29, 1.82) is 0 Å². The second-order valence-corrected chi connectivity index (χ2v) is 4.25. The van der Waals surface area contributed by atoms with Crippen molar-refractivity contribution < 1.29 is 14.3 Å². The highest BCUT2D eigenvalue weighted by Crippen LogP contribution is 2.32. The van der Waals surface area contributed by atoms with Crippen LogP contribution in [0.4, 0.5) is 4.39 Å². The molecule has 1 unspecified atom stereocenters. The molecule has 15 heavy (non-hydrogen) atoms. The molecule has 1 aliphatic heterocycles. The Labute approximate surface area is 94.4 Å². The minimum absolute atomic E-state index is 0.332. The zero-order valence-corrected chi connectivity index (χ0v) is 9.34. The van der Waals surface area contributed by atoms with Crippen molar-refractivity contribution >= 4 is 21.9 Å². The number of hydrogen-bond donors (Lipinski definition) is 2. The molecule has 0 bridgehead atoms. The Morgan fingerprint density at radius 3 is 3.00 bits per heavy atom. The smallest absolute Gasteiger partial charge is 0.325 e. The topological polar surface area (TPSA) is 49.3 Å². The Morgan fingerprint density at radius 2 is 2.33 bits per heavy atom. The summed E-state index contributed by atoms with van der Waals surface area (Å²) >= 11 is 3.25. The molecule has 1 aromatic rings. The number of nitrogens with one attached hydrogen (secondary N) is 1. The van der Waals surface area contributed by atoms with Gasteiger partial charge in [-0.05, 0) is 24.1 Å². The first kappa shape index (κ1) is 10.6. The summed E-state index contributed by atoms with van der Waals surface area (Å²) in [5.41, 5.74) is 1.00. The van der Waals surface area contributed by atoms with Gasteiger partial charge in [-0.25, -0.2) is 4.39 Å². The predicted molar refractivity (Wildman–Crippen MR) is 56.2 cm³/mol. The average Bonchev–Trinajstić information content (AvgIpc) is 2.23. The molecular weight excluding hydrogens is 265 g/mol. The van der Waals surface area contributed by atoms with E-state index in [1.165, 1.54) is 12.1 Å². The van der Waals surface area contributed by atoms with Crippen LogP contribution in [0, 0.1) is 5.82 Å². The minimum atomic E-state index is -0.984. The van der Waals surface area contributed by atoms with Gasteiger partial charge in [-0.2, -0.15) is 0 Å². The summed E-state index contributed by atoms with van der Waals surface area (Å²) in [6.45, 7) is 0.483. The molecule has 1 aromatic carbocycles. The lowest BCUT2D eigenvalue weighted by atomic mass is 9.94. The van der Waals surface area contributed by atoms with E-state index >= 15 is 0 Å². The second-order valence-electron chi connectivity index (χ2n) is 3.40. The first-order chi connectivity index (χ1) is 7.11. The standard InChI is InChI=1S/C10H9BrFNO2/c11-6-1-2-7(12)5-3-4-13-9(8(5)6)10(14)15/h1-2,9,13H,3-4H2,(H,14,15). The van der Waals surface area contributed by atoms with Crippen molar-refractivity contribution in [1.82, 2.24) is 5.32 Å². The lowest BCUT2D eigenvalue weighted by molar-refractivity contribution is -0.139. The van der Waals surface area contributed by atoms with Crippen LogP contribution in [0.15, 0.2) is 16.6 Å². The maximum Gasteiger partial charge on any atom is 0.325 e. The van der Waals surface area contributed by atoms with Gasteiger partial charge in [0.2, 0.25) is 0 Å². The number of carboxylic acid groups (broad SMARTS) is 1. The fourth-order valence-electron chi connectivity index (χ4n) is 1.83. The van der Waals surface area contributed by atoms with Crippen molar-refractivity contribution in [2.24, 2.45) is 0 Å². The largest absolute Gasteiger partial charge is 0.480 e. The summed E-state index contributed by atoms with van der Waals surface area (Å²) in [5, 5.41) is 11.8. The van der Waals surface area contributed by atoms with Gasteiger partial charge >= 0.3 is 5.97 Å². The molecule has 0 spiro atoms. The summed E-state index contributed by atoms with van der Waals surface area (Å²) in [4.78, 5) is 11.0. The van der Waals surface area contributed by atoms with Crippen LogP contribution in [-0.4, -0.2) is 17.6 Å². The van der Waals surface area contributed by atoms with Crippen LogP contribution in [-0.2, 0) is 11.2 Å². The monoisotopic (exact) mass is 273 g/mol. The van der Waals surface area contributed by atoms with Crippen molar-refractivity contribution in [3.05, 3.63) is 33.5 Å². The van der Waals surface area contributed by atoms with E-state index in [0.717, 1.165) is 0 Å². The highest BCUT2D eigenvalue weighted by molar-refractivity contribution is 9.10. The van der Waals surface area contributed by atoms with Crippen LogP contribution >= 0.6 is 15.9 Å². The van der Waals surface area contributed by atoms with Gasteiger partial charge in [0.15, 0.2) is 0 Å². The fourth-order valence-corrected chi connectivity index (χ4v) is 2.43. The first-order valence-electron chi connectivity index (χ1n) is 4.54. The molecule has 1 atom stereocenters. The number of benzene rings is 1. The Morgan fingerprint density at radius 1 is 1.60 bits per heavy atom. The molecule has 0 fully saturated rings. The fraction of sp³-hybridized carbons (Fsp3) is 0.300. The molecule has 0 aromatic heterocycles. The van der Waals surface area contributed by atoms with Gasteiger partial charge < -0.3 is 10.4 Å². The number of aliphatic carboxylic acids is 1. The summed E-state index contributed by atoms with van der Waals surface area (Å²) in [6, 6.07) is 2.07. The minimum Gasteiger partial charge on any atom is -0.480 e. The molecular formula is C10H9BrFNO2. The summed E-state index contributed by atoms with van der Waals surface area (Å²) in [5.74, 6) is -1.32. The van der Waals surface area contributed by atoms with E-state index in [4.69, 9.17) is 5.11 Å². The molecule has 5 heteroatoms. The molecule has 3 nitrogen and oxygen atoms in total. The van der Waals surface area contributed by atoms with E-state index in [-0.39, 0.29) is 5.82 Å². The molecule has 1 aliphatic rings. The molecule has 0 saturated heterocycles. The summed E-state index contributed by atoms with van der Waals surface area (Å²) in [7, 11) is 0. The van der Waals surface area contributed by atoms with Crippen LogP contribution < -0.4 is 5.32 Å². The quantitative estimate of drug-likeness (QED) is 0.821. The first-order valence-corrected chi connectivity index (χ1v) is 5.33. The Kier molecular flexibility index (Phi) is 2.75. The molecule has 0 saturated carbocycles. The maximum absolute atomic E-state index is 13.4. The van der Waals surface area contributed by atoms with Crippen molar-refractivity contribution in [2.45, 2.75) is 12.5 Å². The number of hydrogen-bond acceptors (Lipinski definition) is 2. The summed E-state index contributed by atoms with van der Waals surface area (Å²) in [6.07, 6.45) is 0.518. The van der Waals surface area contributed by atoms with Crippen LogP contribution in [0.1, 0.15) is 17.2 Å². The Hall–Kier alpha value is -0.940. The van der Waals surface area contributed by atoms with E-state index in [2.05, 4.69) is 21.2 Å². The molecule has 0 amide bonds. The molecule has 80 valence electrons. The molecule has 0 radical (unpaired) electrons. The Bertz CT molecular complexity index is 422. The molecule has 0 aliphatic carbocycles. The van der Waals surface area contributed by atoms with Crippen LogP contribution in [0.3, 0.4) is 0 Å². The van der Waals surface area contributed by atoms with Crippen LogP contribution in [0.2, 0.25) is 0 Å². The molecule has 2 rings (SSSR count). The third kappa shape index (κ3) is 1.77. The van der Waals surface area contributed by atoms with Gasteiger partial charge in [-0.3, -0.25) is 4.79 Å². The normalized spacial score (nSPS) is 19.7. The van der Waals surface area contributed by atoms with E-state index in [1.54, 1.807) is 0 Å². The second kappa shape index (κ2) is 3.90. The van der Waals surface area contributed by atoms with Gasteiger partial charge in [0.25, 0.3) is 0 Å². The van der Waals surface area contributed by atoms with E-state index < -0.39 is 12.0 Å². The van der Waals surface area contributed by atoms with Crippen molar-refractivity contribution in [3.63, 3.8) is 0 Å². The van der Waals surface area contributed by atoms with Crippen LogP contribution in [0.25, 0.3) is 0 Å². The number of carbonyl (C=O) groups is 1. The molecule has 1 heterocycles. The highest BCUT2D eigenvalue weighted by Gasteiger charge is 2.29. The number of carboxylic acids is 1. The number of fused-ring (bicyclic) bond motifs is 1. The van der Waals surface area contributed by atoms with Gasteiger partial charge in [0.05, 0.1) is 0 Å². The van der Waals surface area contributed by atoms with E-state index in [9.17, 15) is 9.18 Å². The van der Waals surface area contributed by atoms with Gasteiger partial charge in [-0.15, -0.1) is 0 Å².